The molecule has 0 unspecified atom stereocenters. The highest BCUT2D eigenvalue weighted by Crippen LogP contribution is 2.35. The van der Waals surface area contributed by atoms with Crippen molar-refractivity contribution < 1.29 is 14.3 Å². The summed E-state index contributed by atoms with van der Waals surface area (Å²) in [5.74, 6) is 1.66. The monoisotopic (exact) mass is 371 g/mol. The second-order valence-corrected chi connectivity index (χ2v) is 6.84. The van der Waals surface area contributed by atoms with E-state index in [0.717, 1.165) is 28.2 Å². The van der Waals surface area contributed by atoms with Gasteiger partial charge in [0, 0.05) is 37.2 Å². The lowest BCUT2D eigenvalue weighted by molar-refractivity contribution is -0.128. The SMILES string of the molecule is CN(C)C(=O)CCC1=CCOc2cc(OCc3cccc(Cl)c3)ccc21. The molecule has 5 heteroatoms. The van der Waals surface area contributed by atoms with E-state index >= 15 is 0 Å². The molecule has 0 aromatic heterocycles. The lowest BCUT2D eigenvalue weighted by Gasteiger charge is -2.20. The Hall–Kier alpha value is -2.46. The molecule has 0 aliphatic carbocycles. The van der Waals surface area contributed by atoms with E-state index < -0.39 is 0 Å². The van der Waals surface area contributed by atoms with Gasteiger partial charge in [0.2, 0.25) is 5.91 Å². The number of hydrogen-bond acceptors (Lipinski definition) is 3. The van der Waals surface area contributed by atoms with Crippen LogP contribution in [0.25, 0.3) is 5.57 Å². The van der Waals surface area contributed by atoms with E-state index in [1.807, 2.05) is 48.5 Å². The normalized spacial score (nSPS) is 12.7. The standard InChI is InChI=1S/C21H22ClNO3/c1-23(2)21(24)9-6-16-10-11-25-20-13-18(7-8-19(16)20)26-14-15-4-3-5-17(22)12-15/h3-5,7-8,10,12-13H,6,9,11,14H2,1-2H3. The topological polar surface area (TPSA) is 38.8 Å². The summed E-state index contributed by atoms with van der Waals surface area (Å²) in [7, 11) is 3.55. The van der Waals surface area contributed by atoms with Gasteiger partial charge < -0.3 is 14.4 Å². The van der Waals surface area contributed by atoms with Gasteiger partial charge in [-0.15, -0.1) is 0 Å². The molecule has 1 amide bonds. The third kappa shape index (κ3) is 4.58. The van der Waals surface area contributed by atoms with E-state index in [2.05, 4.69) is 0 Å². The van der Waals surface area contributed by atoms with Gasteiger partial charge in [0.15, 0.2) is 0 Å². The first-order chi connectivity index (χ1) is 12.5. The van der Waals surface area contributed by atoms with Crippen molar-refractivity contribution in [2.75, 3.05) is 20.7 Å². The average molecular weight is 372 g/mol. The molecule has 0 N–H and O–H groups in total. The molecule has 26 heavy (non-hydrogen) atoms. The van der Waals surface area contributed by atoms with Crippen molar-refractivity contribution in [1.29, 1.82) is 0 Å². The number of hydrogen-bond donors (Lipinski definition) is 0. The minimum absolute atomic E-state index is 0.125. The van der Waals surface area contributed by atoms with Gasteiger partial charge in [-0.3, -0.25) is 4.79 Å². The summed E-state index contributed by atoms with van der Waals surface area (Å²) in [6, 6.07) is 13.4. The quantitative estimate of drug-likeness (QED) is 0.747. The molecule has 1 heterocycles. The Morgan fingerprint density at radius 3 is 2.85 bits per heavy atom. The van der Waals surface area contributed by atoms with Gasteiger partial charge in [-0.05, 0) is 47.9 Å². The Bertz CT molecular complexity index is 830. The second kappa shape index (κ2) is 8.28. The van der Waals surface area contributed by atoms with Gasteiger partial charge in [-0.25, -0.2) is 0 Å². The maximum Gasteiger partial charge on any atom is 0.222 e. The van der Waals surface area contributed by atoms with Crippen molar-refractivity contribution in [1.82, 2.24) is 4.90 Å². The minimum Gasteiger partial charge on any atom is -0.489 e. The van der Waals surface area contributed by atoms with Crippen LogP contribution in [0.1, 0.15) is 24.0 Å². The summed E-state index contributed by atoms with van der Waals surface area (Å²) in [4.78, 5) is 13.5. The summed E-state index contributed by atoms with van der Waals surface area (Å²) in [5.41, 5.74) is 3.18. The molecule has 0 saturated heterocycles. The molecule has 0 spiro atoms. The fourth-order valence-electron chi connectivity index (χ4n) is 2.81. The average Bonchev–Trinajstić information content (AvgIpc) is 2.64. The van der Waals surface area contributed by atoms with Crippen molar-refractivity contribution in [3.63, 3.8) is 0 Å². The van der Waals surface area contributed by atoms with Crippen LogP contribution in [0.15, 0.2) is 48.5 Å². The number of rotatable bonds is 6. The third-order valence-electron chi connectivity index (χ3n) is 4.27. The van der Waals surface area contributed by atoms with Crippen LogP contribution in [0.2, 0.25) is 5.02 Å². The van der Waals surface area contributed by atoms with E-state index in [0.29, 0.717) is 31.1 Å². The zero-order valence-electron chi connectivity index (χ0n) is 15.0. The lowest BCUT2D eigenvalue weighted by Crippen LogP contribution is -2.21. The number of nitrogens with zero attached hydrogens (tertiary/aromatic N) is 1. The van der Waals surface area contributed by atoms with Crippen LogP contribution in [0.4, 0.5) is 0 Å². The minimum atomic E-state index is 0.125. The first-order valence-electron chi connectivity index (χ1n) is 8.56. The molecule has 1 aliphatic rings. The van der Waals surface area contributed by atoms with E-state index in [1.54, 1.807) is 19.0 Å². The van der Waals surface area contributed by atoms with Crippen LogP contribution in [-0.2, 0) is 11.4 Å². The summed E-state index contributed by atoms with van der Waals surface area (Å²) in [6.07, 6.45) is 3.24. The Morgan fingerprint density at radius 1 is 1.23 bits per heavy atom. The van der Waals surface area contributed by atoms with Crippen LogP contribution in [0.3, 0.4) is 0 Å². The molecule has 0 bridgehead atoms. The maximum absolute atomic E-state index is 11.8. The number of allylic oxidation sites excluding steroid dienone is 1. The highest BCUT2D eigenvalue weighted by molar-refractivity contribution is 6.30. The van der Waals surface area contributed by atoms with Crippen LogP contribution >= 0.6 is 11.6 Å². The number of amides is 1. The highest BCUT2D eigenvalue weighted by Gasteiger charge is 2.16. The van der Waals surface area contributed by atoms with Gasteiger partial charge >= 0.3 is 0 Å². The zero-order valence-corrected chi connectivity index (χ0v) is 15.8. The van der Waals surface area contributed by atoms with Crippen molar-refractivity contribution in [3.8, 4) is 11.5 Å². The van der Waals surface area contributed by atoms with Crippen molar-refractivity contribution >= 4 is 23.1 Å². The molecular formula is C21H22ClNO3. The van der Waals surface area contributed by atoms with Crippen LogP contribution < -0.4 is 9.47 Å². The molecule has 1 aliphatic heterocycles. The van der Waals surface area contributed by atoms with Crippen molar-refractivity contribution in [2.45, 2.75) is 19.4 Å². The number of carbonyl (C=O) groups is 1. The molecule has 4 nitrogen and oxygen atoms in total. The summed E-state index contributed by atoms with van der Waals surface area (Å²) >= 11 is 6.00. The molecular weight excluding hydrogens is 350 g/mol. The van der Waals surface area contributed by atoms with E-state index in [4.69, 9.17) is 21.1 Å². The second-order valence-electron chi connectivity index (χ2n) is 6.41. The van der Waals surface area contributed by atoms with Gasteiger partial charge in [-0.2, -0.15) is 0 Å². The maximum atomic E-state index is 11.8. The highest BCUT2D eigenvalue weighted by atomic mass is 35.5. The molecule has 0 radical (unpaired) electrons. The third-order valence-corrected chi connectivity index (χ3v) is 4.50. The summed E-state index contributed by atoms with van der Waals surface area (Å²) in [5, 5.41) is 0.696. The molecule has 136 valence electrons. The smallest absolute Gasteiger partial charge is 0.222 e. The summed E-state index contributed by atoms with van der Waals surface area (Å²) < 4.78 is 11.6. The predicted octanol–water partition coefficient (Wildman–Crippen LogP) is 4.56. The van der Waals surface area contributed by atoms with E-state index in [1.165, 1.54) is 0 Å². The molecule has 2 aromatic carbocycles. The van der Waals surface area contributed by atoms with Gasteiger partial charge in [0.05, 0.1) is 0 Å². The zero-order chi connectivity index (χ0) is 18.5. The predicted molar refractivity (Wildman–Crippen MR) is 104 cm³/mol. The molecule has 2 aromatic rings. The fraction of sp³-hybridized carbons (Fsp3) is 0.286. The lowest BCUT2D eigenvalue weighted by atomic mass is 9.98. The van der Waals surface area contributed by atoms with E-state index in [-0.39, 0.29) is 5.91 Å². The van der Waals surface area contributed by atoms with Gasteiger partial charge in [0.25, 0.3) is 0 Å². The molecule has 3 rings (SSSR count). The van der Waals surface area contributed by atoms with Gasteiger partial charge in [-0.1, -0.05) is 23.7 Å². The first-order valence-corrected chi connectivity index (χ1v) is 8.94. The molecule has 0 atom stereocenters. The van der Waals surface area contributed by atoms with E-state index in [9.17, 15) is 4.79 Å². The largest absolute Gasteiger partial charge is 0.489 e. The van der Waals surface area contributed by atoms with Crippen LogP contribution in [0, 0.1) is 0 Å². The molecule has 0 saturated carbocycles. The summed E-state index contributed by atoms with van der Waals surface area (Å²) in [6.45, 7) is 0.954. The van der Waals surface area contributed by atoms with Crippen LogP contribution in [0.5, 0.6) is 11.5 Å². The van der Waals surface area contributed by atoms with Crippen molar-refractivity contribution in [2.24, 2.45) is 0 Å². The Balaban J connectivity index is 1.66. The van der Waals surface area contributed by atoms with Crippen molar-refractivity contribution in [3.05, 3.63) is 64.7 Å². The Labute approximate surface area is 159 Å². The Kier molecular flexibility index (Phi) is 5.84. The van der Waals surface area contributed by atoms with Gasteiger partial charge in [0.1, 0.15) is 24.7 Å². The number of halogens is 1. The number of benzene rings is 2. The Morgan fingerprint density at radius 2 is 2.08 bits per heavy atom. The molecule has 0 fully saturated rings. The number of carbonyl (C=O) groups excluding carboxylic acids is 1. The number of ether oxygens (including phenoxy) is 2. The van der Waals surface area contributed by atoms with Crippen LogP contribution in [-0.4, -0.2) is 31.5 Å². The number of fused-ring (bicyclic) bond motifs is 1. The fourth-order valence-corrected chi connectivity index (χ4v) is 3.03. The first kappa shape index (κ1) is 18.3.